The van der Waals surface area contributed by atoms with Gasteiger partial charge in [0.05, 0.1) is 0 Å². The maximum Gasteiger partial charge on any atom is 0.167 e. The summed E-state index contributed by atoms with van der Waals surface area (Å²) in [6, 6.07) is 11.7. The van der Waals surface area contributed by atoms with E-state index in [4.69, 9.17) is 0 Å². The van der Waals surface area contributed by atoms with Crippen molar-refractivity contribution in [2.24, 2.45) is 0 Å². The summed E-state index contributed by atoms with van der Waals surface area (Å²) in [6.45, 7) is 6.39. The highest BCUT2D eigenvalue weighted by Crippen LogP contribution is 2.26. The summed E-state index contributed by atoms with van der Waals surface area (Å²) in [6.07, 6.45) is 3.87. The minimum Gasteiger partial charge on any atom is -0.294 e. The van der Waals surface area contributed by atoms with Crippen LogP contribution < -0.4 is 0 Å². The number of aromatic nitrogens is 1. The third-order valence-electron chi connectivity index (χ3n) is 3.15. The highest BCUT2D eigenvalue weighted by atomic mass is 35.5. The summed E-state index contributed by atoms with van der Waals surface area (Å²) in [5.74, 6) is 0.164. The molecule has 1 aromatic carbocycles. The second-order valence-corrected chi connectivity index (χ2v) is 5.75. The van der Waals surface area contributed by atoms with Crippen molar-refractivity contribution >= 4 is 18.2 Å². The maximum atomic E-state index is 12.5. The van der Waals surface area contributed by atoms with Crippen LogP contribution in [-0.2, 0) is 11.8 Å². The molecule has 1 aromatic heterocycles. The molecule has 0 aliphatic rings. The van der Waals surface area contributed by atoms with Gasteiger partial charge in [0.1, 0.15) is 0 Å². The molecule has 106 valence electrons. The van der Waals surface area contributed by atoms with Gasteiger partial charge in [-0.25, -0.2) is 0 Å². The Kier molecular flexibility index (Phi) is 5.46. The van der Waals surface area contributed by atoms with Gasteiger partial charge < -0.3 is 0 Å². The minimum atomic E-state index is -0.0233. The number of Topliss-reactive ketones (excluding diaryl/α,β-unsaturated/α-hetero) is 1. The van der Waals surface area contributed by atoms with Crippen LogP contribution in [0.3, 0.4) is 0 Å². The molecule has 2 rings (SSSR count). The van der Waals surface area contributed by atoms with Crippen LogP contribution in [0.5, 0.6) is 0 Å². The molecule has 1 heterocycles. The van der Waals surface area contributed by atoms with E-state index in [9.17, 15) is 4.79 Å². The normalized spacial score (nSPS) is 10.8. The molecule has 3 heteroatoms. The van der Waals surface area contributed by atoms with Gasteiger partial charge in [-0.3, -0.25) is 9.78 Å². The van der Waals surface area contributed by atoms with Gasteiger partial charge in [0.15, 0.2) is 5.78 Å². The zero-order chi connectivity index (χ0) is 13.9. The topological polar surface area (TPSA) is 30.0 Å². The summed E-state index contributed by atoms with van der Waals surface area (Å²) in [4.78, 5) is 16.4. The lowest BCUT2D eigenvalue weighted by Gasteiger charge is -2.22. The van der Waals surface area contributed by atoms with E-state index in [2.05, 4.69) is 25.8 Å². The van der Waals surface area contributed by atoms with E-state index >= 15 is 0 Å². The second kappa shape index (κ2) is 6.67. The number of ketones is 1. The van der Waals surface area contributed by atoms with E-state index in [-0.39, 0.29) is 23.6 Å². The van der Waals surface area contributed by atoms with Crippen molar-refractivity contribution in [3.8, 4) is 0 Å². The van der Waals surface area contributed by atoms with Gasteiger partial charge in [-0.1, -0.05) is 45.0 Å². The van der Waals surface area contributed by atoms with Gasteiger partial charge in [-0.2, -0.15) is 0 Å². The molecule has 0 bridgehead atoms. The minimum absolute atomic E-state index is 0. The molecule has 2 nitrogen and oxygen atoms in total. The van der Waals surface area contributed by atoms with E-state index in [1.807, 2.05) is 36.4 Å². The number of rotatable bonds is 3. The Morgan fingerprint density at radius 1 is 1.05 bits per heavy atom. The predicted octanol–water partition coefficient (Wildman–Crippen LogP) is 4.23. The lowest BCUT2D eigenvalue weighted by atomic mass is 9.82. The van der Waals surface area contributed by atoms with E-state index in [1.165, 1.54) is 0 Å². The Balaban J connectivity index is 0.00000200. The molecule has 0 spiro atoms. The molecular weight excluding hydrogens is 270 g/mol. The van der Waals surface area contributed by atoms with Crippen LogP contribution in [0, 0.1) is 0 Å². The van der Waals surface area contributed by atoms with Crippen molar-refractivity contribution in [2.45, 2.75) is 32.6 Å². The van der Waals surface area contributed by atoms with E-state index in [0.29, 0.717) is 6.42 Å². The summed E-state index contributed by atoms with van der Waals surface area (Å²) in [5.41, 5.74) is 2.91. The molecule has 0 fully saturated rings. The number of hydrogen-bond donors (Lipinski definition) is 0. The lowest BCUT2D eigenvalue weighted by molar-refractivity contribution is 0.0991. The molecule has 0 unspecified atom stereocenters. The monoisotopic (exact) mass is 289 g/mol. The van der Waals surface area contributed by atoms with Gasteiger partial charge in [-0.15, -0.1) is 12.4 Å². The summed E-state index contributed by atoms with van der Waals surface area (Å²) >= 11 is 0. The van der Waals surface area contributed by atoms with Crippen molar-refractivity contribution in [1.82, 2.24) is 4.98 Å². The largest absolute Gasteiger partial charge is 0.294 e. The highest BCUT2D eigenvalue weighted by Gasteiger charge is 2.20. The molecule has 2 aromatic rings. The van der Waals surface area contributed by atoms with Gasteiger partial charge in [0.25, 0.3) is 0 Å². The van der Waals surface area contributed by atoms with Crippen LogP contribution in [0.2, 0.25) is 0 Å². The van der Waals surface area contributed by atoms with Crippen LogP contribution in [0.25, 0.3) is 0 Å². The van der Waals surface area contributed by atoms with Gasteiger partial charge in [0.2, 0.25) is 0 Å². The van der Waals surface area contributed by atoms with Crippen LogP contribution in [-0.4, -0.2) is 10.8 Å². The summed E-state index contributed by atoms with van der Waals surface area (Å²) in [7, 11) is 0. The van der Waals surface area contributed by atoms with Gasteiger partial charge in [0, 0.05) is 24.4 Å². The summed E-state index contributed by atoms with van der Waals surface area (Å²) in [5, 5.41) is 0. The first-order valence-electron chi connectivity index (χ1n) is 6.50. The fourth-order valence-corrected chi connectivity index (χ4v) is 2.16. The van der Waals surface area contributed by atoms with Crippen LogP contribution >= 0.6 is 12.4 Å². The molecule has 0 atom stereocenters. The zero-order valence-electron chi connectivity index (χ0n) is 12.1. The maximum absolute atomic E-state index is 12.5. The number of pyridine rings is 1. The standard InChI is InChI=1S/C17H19NO.ClH/c1-17(2,3)15-7-5-4-6-14(15)16(19)12-13-8-10-18-11-9-13;/h4-11H,12H2,1-3H3;1H. The van der Waals surface area contributed by atoms with Crippen molar-refractivity contribution < 1.29 is 4.79 Å². The zero-order valence-corrected chi connectivity index (χ0v) is 12.9. The molecular formula is C17H20ClNO. The summed E-state index contributed by atoms with van der Waals surface area (Å²) < 4.78 is 0. The van der Waals surface area contributed by atoms with Crippen molar-refractivity contribution in [3.63, 3.8) is 0 Å². The SMILES string of the molecule is CC(C)(C)c1ccccc1C(=O)Cc1ccncc1.Cl. The molecule has 0 aliphatic carbocycles. The molecule has 0 saturated heterocycles. The third kappa shape index (κ3) is 3.91. The van der Waals surface area contributed by atoms with Crippen LogP contribution in [0.4, 0.5) is 0 Å². The Morgan fingerprint density at radius 2 is 1.65 bits per heavy atom. The molecule has 0 N–H and O–H groups in total. The van der Waals surface area contributed by atoms with E-state index in [0.717, 1.165) is 16.7 Å². The Morgan fingerprint density at radius 3 is 2.25 bits per heavy atom. The first kappa shape index (κ1) is 16.4. The van der Waals surface area contributed by atoms with Crippen molar-refractivity contribution in [1.29, 1.82) is 0 Å². The highest BCUT2D eigenvalue weighted by molar-refractivity contribution is 5.99. The number of hydrogen-bond acceptors (Lipinski definition) is 2. The molecule has 0 amide bonds. The Bertz CT molecular complexity index is 573. The van der Waals surface area contributed by atoms with Gasteiger partial charge >= 0.3 is 0 Å². The molecule has 0 saturated carbocycles. The molecule has 20 heavy (non-hydrogen) atoms. The van der Waals surface area contributed by atoms with Crippen molar-refractivity contribution in [3.05, 3.63) is 65.5 Å². The number of carbonyl (C=O) groups is 1. The van der Waals surface area contributed by atoms with E-state index < -0.39 is 0 Å². The molecule has 0 radical (unpaired) electrons. The molecule has 0 aliphatic heterocycles. The first-order valence-corrected chi connectivity index (χ1v) is 6.50. The van der Waals surface area contributed by atoms with Crippen LogP contribution in [0.15, 0.2) is 48.8 Å². The predicted molar refractivity (Wildman–Crippen MR) is 84.7 cm³/mol. The number of benzene rings is 1. The average Bonchev–Trinajstić information content (AvgIpc) is 2.39. The van der Waals surface area contributed by atoms with Gasteiger partial charge in [-0.05, 0) is 28.7 Å². The third-order valence-corrected chi connectivity index (χ3v) is 3.15. The Labute approximate surface area is 126 Å². The lowest BCUT2D eigenvalue weighted by Crippen LogP contribution is -2.17. The number of halogens is 1. The average molecular weight is 290 g/mol. The fraction of sp³-hybridized carbons (Fsp3) is 0.294. The first-order chi connectivity index (χ1) is 8.98. The number of carbonyl (C=O) groups excluding carboxylic acids is 1. The number of nitrogens with zero attached hydrogens (tertiary/aromatic N) is 1. The Hall–Kier alpha value is -1.67. The second-order valence-electron chi connectivity index (χ2n) is 5.75. The fourth-order valence-electron chi connectivity index (χ4n) is 2.16. The van der Waals surface area contributed by atoms with E-state index in [1.54, 1.807) is 12.4 Å². The smallest absolute Gasteiger partial charge is 0.167 e. The van der Waals surface area contributed by atoms with Crippen LogP contribution in [0.1, 0.15) is 42.3 Å². The quantitative estimate of drug-likeness (QED) is 0.792. The van der Waals surface area contributed by atoms with Crippen molar-refractivity contribution in [2.75, 3.05) is 0 Å².